The smallest absolute Gasteiger partial charge is 0.229 e. The lowest BCUT2D eigenvalue weighted by atomic mass is 10.2. The molecule has 0 aromatic heterocycles. The molecule has 0 unspecified atom stereocenters. The van der Waals surface area contributed by atoms with Crippen molar-refractivity contribution in [3.63, 3.8) is 0 Å². The van der Waals surface area contributed by atoms with Crippen molar-refractivity contribution in [1.29, 1.82) is 0 Å². The van der Waals surface area contributed by atoms with E-state index in [4.69, 9.17) is 11.6 Å². The van der Waals surface area contributed by atoms with Crippen molar-refractivity contribution >= 4 is 31.5 Å². The van der Waals surface area contributed by atoms with Gasteiger partial charge in [0.15, 0.2) is 0 Å². The SMILES string of the molecule is CN(CCS(C)(=O)=O)S(=O)(=O)c1cc(F)ccc1CCl. The third-order valence-electron chi connectivity index (χ3n) is 2.64. The molecule has 0 bridgehead atoms. The highest BCUT2D eigenvalue weighted by atomic mass is 35.5. The monoisotopic (exact) mass is 343 g/mol. The number of rotatable bonds is 6. The molecule has 20 heavy (non-hydrogen) atoms. The predicted octanol–water partition coefficient (Wildman–Crippen LogP) is 1.23. The number of hydrogen-bond acceptors (Lipinski definition) is 4. The first-order valence-corrected chi connectivity index (χ1v) is 9.60. The molecular formula is C11H15ClFNO4S2. The Kier molecular flexibility index (Phi) is 5.54. The summed E-state index contributed by atoms with van der Waals surface area (Å²) in [5, 5.41) is 0. The van der Waals surface area contributed by atoms with E-state index in [1.165, 1.54) is 13.1 Å². The van der Waals surface area contributed by atoms with E-state index in [-0.39, 0.29) is 28.6 Å². The second kappa shape index (κ2) is 6.38. The van der Waals surface area contributed by atoms with Crippen LogP contribution in [-0.4, -0.2) is 46.7 Å². The first-order valence-electron chi connectivity index (χ1n) is 5.56. The van der Waals surface area contributed by atoms with Gasteiger partial charge in [-0.25, -0.2) is 21.2 Å². The van der Waals surface area contributed by atoms with E-state index in [9.17, 15) is 21.2 Å². The molecule has 0 aliphatic carbocycles. The summed E-state index contributed by atoms with van der Waals surface area (Å²) < 4.78 is 60.8. The molecular weight excluding hydrogens is 329 g/mol. The highest BCUT2D eigenvalue weighted by molar-refractivity contribution is 7.91. The summed E-state index contributed by atoms with van der Waals surface area (Å²) in [5.74, 6) is -1.10. The van der Waals surface area contributed by atoms with E-state index in [2.05, 4.69) is 0 Å². The largest absolute Gasteiger partial charge is 0.243 e. The summed E-state index contributed by atoms with van der Waals surface area (Å²) in [7, 11) is -6.03. The molecule has 114 valence electrons. The summed E-state index contributed by atoms with van der Waals surface area (Å²) >= 11 is 5.64. The number of nitrogens with zero attached hydrogens (tertiary/aromatic N) is 1. The van der Waals surface area contributed by atoms with Crippen LogP contribution in [0.1, 0.15) is 5.56 Å². The minimum Gasteiger partial charge on any atom is -0.229 e. The Labute approximate surface area is 123 Å². The number of sulfonamides is 1. The van der Waals surface area contributed by atoms with Gasteiger partial charge in [0, 0.05) is 25.7 Å². The van der Waals surface area contributed by atoms with E-state index in [1.807, 2.05) is 0 Å². The van der Waals surface area contributed by atoms with E-state index >= 15 is 0 Å². The van der Waals surface area contributed by atoms with Crippen LogP contribution in [0.2, 0.25) is 0 Å². The Morgan fingerprint density at radius 3 is 2.35 bits per heavy atom. The van der Waals surface area contributed by atoms with Gasteiger partial charge in [-0.2, -0.15) is 4.31 Å². The van der Waals surface area contributed by atoms with E-state index in [0.29, 0.717) is 0 Å². The Morgan fingerprint density at radius 2 is 1.85 bits per heavy atom. The number of sulfone groups is 1. The Bertz CT molecular complexity index is 688. The maximum absolute atomic E-state index is 13.2. The predicted molar refractivity (Wildman–Crippen MR) is 75.5 cm³/mol. The molecule has 0 N–H and O–H groups in total. The molecule has 9 heteroatoms. The van der Waals surface area contributed by atoms with E-state index < -0.39 is 25.7 Å². The number of benzene rings is 1. The summed E-state index contributed by atoms with van der Waals surface area (Å²) in [6.45, 7) is -0.209. The minimum atomic E-state index is -3.98. The van der Waals surface area contributed by atoms with Crippen LogP contribution in [0.3, 0.4) is 0 Å². The average molecular weight is 344 g/mol. The fourth-order valence-electron chi connectivity index (χ4n) is 1.46. The molecule has 0 spiro atoms. The normalized spacial score (nSPS) is 12.8. The Hall–Kier alpha value is -0.700. The Morgan fingerprint density at radius 1 is 1.25 bits per heavy atom. The molecule has 1 rings (SSSR count). The zero-order chi connectivity index (χ0) is 15.6. The van der Waals surface area contributed by atoms with Crippen molar-refractivity contribution in [1.82, 2.24) is 4.31 Å². The highest BCUT2D eigenvalue weighted by Gasteiger charge is 2.25. The van der Waals surface area contributed by atoms with Crippen molar-refractivity contribution in [3.05, 3.63) is 29.6 Å². The molecule has 0 radical (unpaired) electrons. The van der Waals surface area contributed by atoms with Gasteiger partial charge in [0.1, 0.15) is 15.7 Å². The van der Waals surface area contributed by atoms with Crippen LogP contribution < -0.4 is 0 Å². The molecule has 0 heterocycles. The van der Waals surface area contributed by atoms with Crippen molar-refractivity contribution in [2.45, 2.75) is 10.8 Å². The lowest BCUT2D eigenvalue weighted by Crippen LogP contribution is -2.32. The van der Waals surface area contributed by atoms with Crippen molar-refractivity contribution in [3.8, 4) is 0 Å². The van der Waals surface area contributed by atoms with Gasteiger partial charge < -0.3 is 0 Å². The van der Waals surface area contributed by atoms with E-state index in [1.54, 1.807) is 0 Å². The van der Waals surface area contributed by atoms with Gasteiger partial charge >= 0.3 is 0 Å². The first-order chi connectivity index (χ1) is 9.08. The summed E-state index contributed by atoms with van der Waals surface area (Å²) in [6, 6.07) is 3.29. The third kappa shape index (κ3) is 4.41. The van der Waals surface area contributed by atoms with Crippen LogP contribution in [0, 0.1) is 5.82 Å². The van der Waals surface area contributed by atoms with Gasteiger partial charge in [-0.1, -0.05) is 6.07 Å². The number of halogens is 2. The molecule has 0 saturated carbocycles. The van der Waals surface area contributed by atoms with Gasteiger partial charge in [-0.05, 0) is 17.7 Å². The average Bonchev–Trinajstić information content (AvgIpc) is 2.34. The van der Waals surface area contributed by atoms with Crippen LogP contribution in [0.25, 0.3) is 0 Å². The van der Waals surface area contributed by atoms with Crippen molar-refractivity contribution in [2.24, 2.45) is 0 Å². The summed E-state index contributed by atoms with van der Waals surface area (Å²) in [5.41, 5.74) is 0.263. The molecule has 0 aliphatic rings. The molecule has 0 saturated heterocycles. The zero-order valence-electron chi connectivity index (χ0n) is 11.0. The first kappa shape index (κ1) is 17.4. The molecule has 0 atom stereocenters. The maximum atomic E-state index is 13.2. The highest BCUT2D eigenvalue weighted by Crippen LogP contribution is 2.22. The topological polar surface area (TPSA) is 71.5 Å². The van der Waals surface area contributed by atoms with Crippen molar-refractivity contribution < 1.29 is 21.2 Å². The maximum Gasteiger partial charge on any atom is 0.243 e. The van der Waals surface area contributed by atoms with Gasteiger partial charge in [-0.3, -0.25) is 0 Å². The van der Waals surface area contributed by atoms with Crippen LogP contribution in [0.4, 0.5) is 4.39 Å². The minimum absolute atomic E-state index is 0.0885. The lowest BCUT2D eigenvalue weighted by Gasteiger charge is -2.18. The third-order valence-corrected chi connectivity index (χ3v) is 5.79. The lowest BCUT2D eigenvalue weighted by molar-refractivity contribution is 0.483. The van der Waals surface area contributed by atoms with Crippen LogP contribution in [0.5, 0.6) is 0 Å². The molecule has 0 fully saturated rings. The van der Waals surface area contributed by atoms with Gasteiger partial charge in [0.2, 0.25) is 10.0 Å². The van der Waals surface area contributed by atoms with Crippen molar-refractivity contribution in [2.75, 3.05) is 25.6 Å². The molecule has 5 nitrogen and oxygen atoms in total. The summed E-state index contributed by atoms with van der Waals surface area (Å²) in [6.07, 6.45) is 1.01. The number of hydrogen-bond donors (Lipinski definition) is 0. The zero-order valence-corrected chi connectivity index (χ0v) is 13.4. The fourth-order valence-corrected chi connectivity index (χ4v) is 3.90. The van der Waals surface area contributed by atoms with Gasteiger partial charge in [0.25, 0.3) is 0 Å². The van der Waals surface area contributed by atoms with Crippen LogP contribution >= 0.6 is 11.6 Å². The molecule has 0 aliphatic heterocycles. The van der Waals surface area contributed by atoms with Gasteiger partial charge in [-0.15, -0.1) is 11.6 Å². The summed E-state index contributed by atoms with van der Waals surface area (Å²) in [4.78, 5) is -0.247. The van der Waals surface area contributed by atoms with Crippen LogP contribution in [0.15, 0.2) is 23.1 Å². The second-order valence-corrected chi connectivity index (χ2v) is 8.88. The molecule has 1 aromatic rings. The number of alkyl halides is 1. The quantitative estimate of drug-likeness (QED) is 0.728. The second-order valence-electron chi connectivity index (χ2n) is 4.34. The fraction of sp³-hybridized carbons (Fsp3) is 0.455. The molecule has 0 amide bonds. The standard InChI is InChI=1S/C11H15ClFNO4S2/c1-14(5-6-19(2,15)16)20(17,18)11-7-10(13)4-3-9(11)8-12/h3-4,7H,5-6,8H2,1-2H3. The Balaban J connectivity index is 3.13. The van der Waals surface area contributed by atoms with E-state index in [0.717, 1.165) is 22.7 Å². The van der Waals surface area contributed by atoms with Crippen LogP contribution in [-0.2, 0) is 25.7 Å². The van der Waals surface area contributed by atoms with Gasteiger partial charge in [0.05, 0.1) is 10.6 Å². The molecule has 1 aromatic carbocycles.